The highest BCUT2D eigenvalue weighted by Crippen LogP contribution is 2.21. The van der Waals surface area contributed by atoms with E-state index in [1.54, 1.807) is 0 Å². The van der Waals surface area contributed by atoms with Crippen LogP contribution < -0.4 is 5.32 Å². The maximum Gasteiger partial charge on any atom is 0.125 e. The molecule has 0 aromatic carbocycles. The molecule has 1 heterocycles. The Morgan fingerprint density at radius 2 is 2.00 bits per heavy atom. The summed E-state index contributed by atoms with van der Waals surface area (Å²) >= 11 is 0. The molecule has 0 aliphatic rings. The summed E-state index contributed by atoms with van der Waals surface area (Å²) in [5.74, 6) is 0.919. The molecule has 3 nitrogen and oxygen atoms in total. The first-order chi connectivity index (χ1) is 8.54. The molecule has 1 aromatic heterocycles. The van der Waals surface area contributed by atoms with E-state index in [-0.39, 0.29) is 5.41 Å². The number of nitrogens with zero attached hydrogens (tertiary/aromatic N) is 1. The Bertz CT molecular complexity index is 327. The highest BCUT2D eigenvalue weighted by atomic mass is 16.5. The first-order valence-electron chi connectivity index (χ1n) is 6.82. The van der Waals surface area contributed by atoms with Crippen LogP contribution in [-0.2, 0) is 10.2 Å². The molecule has 0 fully saturated rings. The summed E-state index contributed by atoms with van der Waals surface area (Å²) in [6, 6.07) is 4.17. The monoisotopic (exact) mass is 250 g/mol. The molecule has 1 N–H and O–H groups in total. The zero-order valence-corrected chi connectivity index (χ0v) is 12.1. The van der Waals surface area contributed by atoms with Gasteiger partial charge in [0.1, 0.15) is 5.82 Å². The summed E-state index contributed by atoms with van der Waals surface area (Å²) in [7, 11) is 0. The molecule has 0 saturated heterocycles. The first-order valence-corrected chi connectivity index (χ1v) is 6.82. The van der Waals surface area contributed by atoms with Gasteiger partial charge in [-0.05, 0) is 23.5 Å². The van der Waals surface area contributed by atoms with Crippen molar-refractivity contribution in [2.24, 2.45) is 0 Å². The topological polar surface area (TPSA) is 34.1 Å². The number of unbranched alkanes of at least 4 members (excludes halogenated alkanes) is 1. The van der Waals surface area contributed by atoms with Crippen molar-refractivity contribution in [3.63, 3.8) is 0 Å². The smallest absolute Gasteiger partial charge is 0.125 e. The molecule has 1 rings (SSSR count). The zero-order valence-electron chi connectivity index (χ0n) is 12.1. The van der Waals surface area contributed by atoms with Gasteiger partial charge in [0, 0.05) is 19.3 Å². The maximum atomic E-state index is 5.48. The molecule has 1 aromatic rings. The summed E-state index contributed by atoms with van der Waals surface area (Å²) in [4.78, 5) is 4.41. The summed E-state index contributed by atoms with van der Waals surface area (Å²) < 4.78 is 5.48. The lowest BCUT2D eigenvalue weighted by molar-refractivity contribution is 0.141. The van der Waals surface area contributed by atoms with Crippen molar-refractivity contribution >= 4 is 5.82 Å². The van der Waals surface area contributed by atoms with Gasteiger partial charge in [0.05, 0.1) is 6.61 Å². The third-order valence-corrected chi connectivity index (χ3v) is 2.82. The van der Waals surface area contributed by atoms with Crippen LogP contribution in [0.5, 0.6) is 0 Å². The van der Waals surface area contributed by atoms with Crippen LogP contribution in [0.1, 0.15) is 46.1 Å². The van der Waals surface area contributed by atoms with Crippen molar-refractivity contribution < 1.29 is 4.74 Å². The van der Waals surface area contributed by atoms with Gasteiger partial charge >= 0.3 is 0 Å². The SMILES string of the molecule is CCCCOCCNc1ccc(C(C)(C)C)cn1. The van der Waals surface area contributed by atoms with Crippen molar-refractivity contribution in [3.8, 4) is 0 Å². The van der Waals surface area contributed by atoms with E-state index in [1.807, 2.05) is 12.3 Å². The Morgan fingerprint density at radius 3 is 2.56 bits per heavy atom. The quantitative estimate of drug-likeness (QED) is 0.751. The molecule has 0 saturated carbocycles. The van der Waals surface area contributed by atoms with Crippen LogP contribution in [-0.4, -0.2) is 24.7 Å². The van der Waals surface area contributed by atoms with E-state index in [2.05, 4.69) is 44.1 Å². The first kappa shape index (κ1) is 15.0. The Hall–Kier alpha value is -1.09. The van der Waals surface area contributed by atoms with Crippen LogP contribution in [0.2, 0.25) is 0 Å². The van der Waals surface area contributed by atoms with E-state index in [0.29, 0.717) is 0 Å². The van der Waals surface area contributed by atoms with Gasteiger partial charge in [-0.3, -0.25) is 0 Å². The van der Waals surface area contributed by atoms with Crippen molar-refractivity contribution in [2.45, 2.75) is 46.0 Å². The average Bonchev–Trinajstić information content (AvgIpc) is 2.33. The predicted octanol–water partition coefficient (Wildman–Crippen LogP) is 3.61. The highest BCUT2D eigenvalue weighted by Gasteiger charge is 2.13. The Balaban J connectivity index is 2.27. The van der Waals surface area contributed by atoms with Crippen LogP contribution in [0.3, 0.4) is 0 Å². The third-order valence-electron chi connectivity index (χ3n) is 2.82. The van der Waals surface area contributed by atoms with E-state index >= 15 is 0 Å². The van der Waals surface area contributed by atoms with Crippen LogP contribution in [0.15, 0.2) is 18.3 Å². The molecule has 18 heavy (non-hydrogen) atoms. The fourth-order valence-corrected chi connectivity index (χ4v) is 1.54. The van der Waals surface area contributed by atoms with Gasteiger partial charge in [-0.2, -0.15) is 0 Å². The number of hydrogen-bond donors (Lipinski definition) is 1. The summed E-state index contributed by atoms with van der Waals surface area (Å²) in [5, 5.41) is 3.26. The number of hydrogen-bond acceptors (Lipinski definition) is 3. The minimum atomic E-state index is 0.162. The summed E-state index contributed by atoms with van der Waals surface area (Å²) in [6.07, 6.45) is 4.27. The zero-order chi connectivity index (χ0) is 13.4. The molecule has 0 amide bonds. The Kier molecular flexibility index (Phi) is 6.13. The van der Waals surface area contributed by atoms with Gasteiger partial charge in [0.2, 0.25) is 0 Å². The van der Waals surface area contributed by atoms with Crippen LogP contribution >= 0.6 is 0 Å². The fraction of sp³-hybridized carbons (Fsp3) is 0.667. The fourth-order valence-electron chi connectivity index (χ4n) is 1.54. The molecule has 102 valence electrons. The van der Waals surface area contributed by atoms with Crippen LogP contribution in [0.4, 0.5) is 5.82 Å². The highest BCUT2D eigenvalue weighted by molar-refractivity contribution is 5.36. The molecule has 0 spiro atoms. The molecular formula is C15H26N2O. The molecule has 0 radical (unpaired) electrons. The second kappa shape index (κ2) is 7.37. The standard InChI is InChI=1S/C15H26N2O/c1-5-6-10-18-11-9-16-14-8-7-13(12-17-14)15(2,3)4/h7-8,12H,5-6,9-11H2,1-4H3,(H,16,17). The van der Waals surface area contributed by atoms with E-state index in [9.17, 15) is 0 Å². The molecule has 0 aliphatic heterocycles. The summed E-state index contributed by atoms with van der Waals surface area (Å²) in [6.45, 7) is 11.2. The van der Waals surface area contributed by atoms with Crippen molar-refractivity contribution in [2.75, 3.05) is 25.1 Å². The minimum absolute atomic E-state index is 0.162. The van der Waals surface area contributed by atoms with Crippen molar-refractivity contribution in [1.29, 1.82) is 0 Å². The molecular weight excluding hydrogens is 224 g/mol. The lowest BCUT2D eigenvalue weighted by Gasteiger charge is -2.18. The third kappa shape index (κ3) is 5.50. The van der Waals surface area contributed by atoms with Crippen molar-refractivity contribution in [3.05, 3.63) is 23.9 Å². The largest absolute Gasteiger partial charge is 0.380 e. The predicted molar refractivity (Wildman–Crippen MR) is 77.2 cm³/mol. The molecule has 0 aliphatic carbocycles. The lowest BCUT2D eigenvalue weighted by atomic mass is 9.88. The number of rotatable bonds is 7. The number of nitrogens with one attached hydrogen (secondary N) is 1. The molecule has 3 heteroatoms. The normalized spacial score (nSPS) is 11.6. The summed E-state index contributed by atoms with van der Waals surface area (Å²) in [5.41, 5.74) is 1.42. The number of ether oxygens (including phenoxy) is 1. The maximum absolute atomic E-state index is 5.48. The second-order valence-corrected chi connectivity index (χ2v) is 5.57. The van der Waals surface area contributed by atoms with Crippen LogP contribution in [0, 0.1) is 0 Å². The van der Waals surface area contributed by atoms with Gasteiger partial charge in [0.25, 0.3) is 0 Å². The molecule has 0 bridgehead atoms. The Morgan fingerprint density at radius 1 is 1.22 bits per heavy atom. The van der Waals surface area contributed by atoms with Gasteiger partial charge in [-0.1, -0.05) is 40.2 Å². The van der Waals surface area contributed by atoms with E-state index in [0.717, 1.165) is 32.0 Å². The second-order valence-electron chi connectivity index (χ2n) is 5.57. The average molecular weight is 250 g/mol. The van der Waals surface area contributed by atoms with Crippen LogP contribution in [0.25, 0.3) is 0 Å². The van der Waals surface area contributed by atoms with E-state index < -0.39 is 0 Å². The van der Waals surface area contributed by atoms with E-state index in [1.165, 1.54) is 12.0 Å². The van der Waals surface area contributed by atoms with E-state index in [4.69, 9.17) is 4.74 Å². The number of aromatic nitrogens is 1. The van der Waals surface area contributed by atoms with Gasteiger partial charge in [-0.15, -0.1) is 0 Å². The molecule has 0 unspecified atom stereocenters. The number of pyridine rings is 1. The van der Waals surface area contributed by atoms with Gasteiger partial charge in [-0.25, -0.2) is 4.98 Å². The lowest BCUT2D eigenvalue weighted by Crippen LogP contribution is -2.13. The number of anilines is 1. The molecule has 0 atom stereocenters. The Labute approximate surface area is 111 Å². The minimum Gasteiger partial charge on any atom is -0.380 e. The van der Waals surface area contributed by atoms with Crippen molar-refractivity contribution in [1.82, 2.24) is 4.98 Å². The van der Waals surface area contributed by atoms with Gasteiger partial charge in [0.15, 0.2) is 0 Å². The van der Waals surface area contributed by atoms with Gasteiger partial charge < -0.3 is 10.1 Å².